The fourth-order valence-electron chi connectivity index (χ4n) is 2.53. The molecule has 24 heavy (non-hydrogen) atoms. The van der Waals surface area contributed by atoms with E-state index < -0.39 is 0 Å². The molecule has 1 fully saturated rings. The number of hydrogen-bond donors (Lipinski definition) is 2. The van der Waals surface area contributed by atoms with Crippen LogP contribution in [0.3, 0.4) is 0 Å². The Kier molecular flexibility index (Phi) is 5.43. The zero-order chi connectivity index (χ0) is 16.8. The number of nitrogens with one attached hydrogen (secondary N) is 2. The van der Waals surface area contributed by atoms with Gasteiger partial charge in [0.15, 0.2) is 5.82 Å². The van der Waals surface area contributed by atoms with Crippen LogP contribution in [0.2, 0.25) is 0 Å². The van der Waals surface area contributed by atoms with E-state index in [0.29, 0.717) is 17.7 Å². The van der Waals surface area contributed by atoms with Gasteiger partial charge in [0, 0.05) is 19.6 Å². The van der Waals surface area contributed by atoms with Gasteiger partial charge < -0.3 is 20.3 Å². The van der Waals surface area contributed by atoms with Gasteiger partial charge in [-0.3, -0.25) is 0 Å². The van der Waals surface area contributed by atoms with Crippen molar-refractivity contribution in [1.29, 1.82) is 0 Å². The molecule has 0 amide bonds. The molecule has 0 unspecified atom stereocenters. The largest absolute Gasteiger partial charge is 0.378 e. The summed E-state index contributed by atoms with van der Waals surface area (Å²) < 4.78 is 5.44. The highest BCUT2D eigenvalue weighted by Gasteiger charge is 2.15. The Morgan fingerprint density at radius 1 is 1.21 bits per heavy atom. The molecule has 1 aliphatic heterocycles. The second-order valence-corrected chi connectivity index (χ2v) is 6.18. The molecule has 1 aromatic heterocycles. The van der Waals surface area contributed by atoms with E-state index in [4.69, 9.17) is 4.74 Å². The van der Waals surface area contributed by atoms with E-state index in [1.807, 2.05) is 18.2 Å². The van der Waals surface area contributed by atoms with Gasteiger partial charge in [0.05, 0.1) is 30.8 Å². The molecule has 7 heteroatoms. The minimum absolute atomic E-state index is 0.521. The Labute approximate surface area is 142 Å². The van der Waals surface area contributed by atoms with Crippen molar-refractivity contribution in [3.63, 3.8) is 0 Å². The highest BCUT2D eigenvalue weighted by atomic mass is 16.5. The molecule has 0 spiro atoms. The quantitative estimate of drug-likeness (QED) is 0.844. The van der Waals surface area contributed by atoms with Gasteiger partial charge >= 0.3 is 0 Å². The zero-order valence-corrected chi connectivity index (χ0v) is 14.2. The molecule has 2 aromatic rings. The van der Waals surface area contributed by atoms with Gasteiger partial charge in [-0.05, 0) is 18.1 Å². The first-order valence-corrected chi connectivity index (χ1v) is 8.34. The third kappa shape index (κ3) is 4.32. The second-order valence-electron chi connectivity index (χ2n) is 6.18. The second kappa shape index (κ2) is 7.92. The maximum atomic E-state index is 5.44. The molecule has 3 rings (SSSR count). The molecule has 0 radical (unpaired) electrons. The number of anilines is 4. The van der Waals surface area contributed by atoms with E-state index in [2.05, 4.69) is 50.6 Å². The van der Waals surface area contributed by atoms with Gasteiger partial charge in [-0.2, -0.15) is 10.1 Å². The van der Waals surface area contributed by atoms with Crippen LogP contribution in [0.15, 0.2) is 30.5 Å². The van der Waals surface area contributed by atoms with E-state index >= 15 is 0 Å². The fourth-order valence-corrected chi connectivity index (χ4v) is 2.53. The van der Waals surface area contributed by atoms with Gasteiger partial charge in [-0.25, -0.2) is 0 Å². The van der Waals surface area contributed by atoms with Crippen molar-refractivity contribution in [2.75, 3.05) is 48.4 Å². The van der Waals surface area contributed by atoms with Crippen molar-refractivity contribution < 1.29 is 4.74 Å². The van der Waals surface area contributed by atoms with Gasteiger partial charge in [0.1, 0.15) is 0 Å². The van der Waals surface area contributed by atoms with E-state index in [1.165, 1.54) is 0 Å². The van der Waals surface area contributed by atoms with Crippen molar-refractivity contribution in [2.45, 2.75) is 13.8 Å². The standard InChI is InChI=1S/C17H24N6O/c1-13(2)11-18-17-21-16(12-19-22-17)20-14-5-3-4-6-15(14)23-7-9-24-10-8-23/h3-6,12-13H,7-11H2,1-2H3,(H2,18,20,21,22). The van der Waals surface area contributed by atoms with Gasteiger partial charge in [0.2, 0.25) is 5.95 Å². The minimum Gasteiger partial charge on any atom is -0.378 e. The van der Waals surface area contributed by atoms with Crippen LogP contribution in [0.25, 0.3) is 0 Å². The topological polar surface area (TPSA) is 75.2 Å². The summed E-state index contributed by atoms with van der Waals surface area (Å²) in [6.07, 6.45) is 1.64. The summed E-state index contributed by atoms with van der Waals surface area (Å²) in [4.78, 5) is 6.81. The molecule has 0 atom stereocenters. The number of para-hydroxylation sites is 2. The molecule has 1 aromatic carbocycles. The Morgan fingerprint density at radius 3 is 2.79 bits per heavy atom. The molecular weight excluding hydrogens is 304 g/mol. The predicted octanol–water partition coefficient (Wildman–Crippen LogP) is 2.52. The van der Waals surface area contributed by atoms with Crippen LogP contribution < -0.4 is 15.5 Å². The first-order valence-electron chi connectivity index (χ1n) is 8.34. The van der Waals surface area contributed by atoms with Crippen molar-refractivity contribution in [2.24, 2.45) is 5.92 Å². The lowest BCUT2D eigenvalue weighted by Gasteiger charge is -2.30. The molecular formula is C17H24N6O. The number of hydrogen-bond acceptors (Lipinski definition) is 7. The summed E-state index contributed by atoms with van der Waals surface area (Å²) in [7, 11) is 0. The number of rotatable bonds is 6. The van der Waals surface area contributed by atoms with Gasteiger partial charge in [-0.1, -0.05) is 26.0 Å². The van der Waals surface area contributed by atoms with Crippen LogP contribution >= 0.6 is 0 Å². The Balaban J connectivity index is 1.75. The van der Waals surface area contributed by atoms with E-state index in [-0.39, 0.29) is 0 Å². The Morgan fingerprint density at radius 2 is 2.00 bits per heavy atom. The normalized spacial score (nSPS) is 14.7. The van der Waals surface area contributed by atoms with E-state index in [0.717, 1.165) is 44.2 Å². The highest BCUT2D eigenvalue weighted by Crippen LogP contribution is 2.28. The Hall–Kier alpha value is -2.41. The lowest BCUT2D eigenvalue weighted by molar-refractivity contribution is 0.123. The average molecular weight is 328 g/mol. The highest BCUT2D eigenvalue weighted by molar-refractivity contribution is 5.74. The summed E-state index contributed by atoms with van der Waals surface area (Å²) in [6.45, 7) is 8.39. The predicted molar refractivity (Wildman–Crippen MR) is 95.9 cm³/mol. The van der Waals surface area contributed by atoms with Crippen LogP contribution in [0.5, 0.6) is 0 Å². The molecule has 0 bridgehead atoms. The number of morpholine rings is 1. The number of aromatic nitrogens is 3. The number of ether oxygens (including phenoxy) is 1. The summed E-state index contributed by atoms with van der Waals surface area (Å²) in [6, 6.07) is 8.22. The van der Waals surface area contributed by atoms with Crippen LogP contribution in [0.1, 0.15) is 13.8 Å². The molecule has 2 N–H and O–H groups in total. The molecule has 1 aliphatic rings. The van der Waals surface area contributed by atoms with Crippen molar-refractivity contribution in [3.05, 3.63) is 30.5 Å². The first-order chi connectivity index (χ1) is 11.7. The lowest BCUT2D eigenvalue weighted by atomic mass is 10.2. The molecule has 7 nitrogen and oxygen atoms in total. The van der Waals surface area contributed by atoms with Gasteiger partial charge in [-0.15, -0.1) is 5.10 Å². The molecule has 0 aliphatic carbocycles. The molecule has 128 valence electrons. The van der Waals surface area contributed by atoms with Crippen LogP contribution in [-0.2, 0) is 4.74 Å². The molecule has 2 heterocycles. The summed E-state index contributed by atoms with van der Waals surface area (Å²) in [5.41, 5.74) is 2.16. The third-order valence-corrected chi connectivity index (χ3v) is 3.75. The van der Waals surface area contributed by atoms with Gasteiger partial charge in [0.25, 0.3) is 0 Å². The monoisotopic (exact) mass is 328 g/mol. The van der Waals surface area contributed by atoms with Crippen LogP contribution in [-0.4, -0.2) is 48.0 Å². The summed E-state index contributed by atoms with van der Waals surface area (Å²) in [5, 5.41) is 14.6. The summed E-state index contributed by atoms with van der Waals surface area (Å²) in [5.74, 6) is 1.74. The number of benzene rings is 1. The lowest BCUT2D eigenvalue weighted by Crippen LogP contribution is -2.36. The van der Waals surface area contributed by atoms with Crippen LogP contribution in [0, 0.1) is 5.92 Å². The summed E-state index contributed by atoms with van der Waals surface area (Å²) >= 11 is 0. The maximum absolute atomic E-state index is 5.44. The van der Waals surface area contributed by atoms with Crippen molar-refractivity contribution in [1.82, 2.24) is 15.2 Å². The smallest absolute Gasteiger partial charge is 0.244 e. The maximum Gasteiger partial charge on any atom is 0.244 e. The van der Waals surface area contributed by atoms with E-state index in [1.54, 1.807) is 6.20 Å². The number of nitrogens with zero attached hydrogens (tertiary/aromatic N) is 4. The van der Waals surface area contributed by atoms with E-state index in [9.17, 15) is 0 Å². The average Bonchev–Trinajstić information content (AvgIpc) is 2.62. The zero-order valence-electron chi connectivity index (χ0n) is 14.2. The van der Waals surface area contributed by atoms with Crippen LogP contribution in [0.4, 0.5) is 23.1 Å². The molecule has 1 saturated heterocycles. The third-order valence-electron chi connectivity index (χ3n) is 3.75. The molecule has 0 saturated carbocycles. The SMILES string of the molecule is CC(C)CNc1nncc(Nc2ccccc2N2CCOCC2)n1. The first kappa shape index (κ1) is 16.4. The van der Waals surface area contributed by atoms with Crippen molar-refractivity contribution in [3.8, 4) is 0 Å². The Bertz CT molecular complexity index is 657. The fraction of sp³-hybridized carbons (Fsp3) is 0.471. The minimum atomic E-state index is 0.521. The van der Waals surface area contributed by atoms with Crippen molar-refractivity contribution >= 4 is 23.1 Å².